The number of hydrogen-bond acceptors (Lipinski definition) is 3. The number of aryl methyl sites for hydroxylation is 1. The minimum absolute atomic E-state index is 0.146. The van der Waals surface area contributed by atoms with Crippen molar-refractivity contribution >= 4 is 5.91 Å². The number of pyridine rings is 1. The third-order valence-electron chi connectivity index (χ3n) is 5.78. The summed E-state index contributed by atoms with van der Waals surface area (Å²) in [6.45, 7) is 0.572. The molecule has 2 heterocycles. The first-order valence-electron chi connectivity index (χ1n) is 11.4. The van der Waals surface area contributed by atoms with Gasteiger partial charge in [-0.15, -0.1) is 0 Å². The van der Waals surface area contributed by atoms with E-state index in [1.165, 1.54) is 12.1 Å². The molecule has 0 saturated heterocycles. The molecule has 6 nitrogen and oxygen atoms in total. The molecule has 34 heavy (non-hydrogen) atoms. The lowest BCUT2D eigenvalue weighted by Gasteiger charge is -2.17. The predicted octanol–water partition coefficient (Wildman–Crippen LogP) is 5.06. The van der Waals surface area contributed by atoms with Crippen molar-refractivity contribution < 1.29 is 9.18 Å². The number of carbonyl (C=O) groups is 1. The topological polar surface area (TPSA) is 81.8 Å². The molecule has 0 aliphatic rings. The number of benzene rings is 2. The zero-order valence-corrected chi connectivity index (χ0v) is 19.1. The van der Waals surface area contributed by atoms with Gasteiger partial charge in [-0.3, -0.25) is 14.7 Å². The Morgan fingerprint density at radius 3 is 2.44 bits per heavy atom. The van der Waals surface area contributed by atoms with Crippen LogP contribution in [-0.2, 0) is 6.42 Å². The summed E-state index contributed by atoms with van der Waals surface area (Å²) in [6, 6.07) is 21.1. The molecule has 4 aromatic rings. The van der Waals surface area contributed by atoms with Gasteiger partial charge in [-0.1, -0.05) is 36.8 Å². The first kappa shape index (κ1) is 23.2. The second-order valence-electron chi connectivity index (χ2n) is 8.30. The molecule has 0 atom stereocenters. The highest BCUT2D eigenvalue weighted by atomic mass is 19.1. The van der Waals surface area contributed by atoms with Gasteiger partial charge in [-0.2, -0.15) is 5.10 Å². The number of nitrogens with one attached hydrogen (secondary N) is 2. The summed E-state index contributed by atoms with van der Waals surface area (Å²) in [5.41, 5.74) is 4.04. The number of nitrogens with zero attached hydrogens (tertiary/aromatic N) is 2. The summed E-state index contributed by atoms with van der Waals surface area (Å²) in [7, 11) is 1.72. The SMILES string of the molecule is CN(CCCCCc1cc(-c2ccc(F)cc2)n[nH]1)C(=O)c1ccc(-c2ccccc2)[nH]c1=O. The van der Waals surface area contributed by atoms with E-state index in [-0.39, 0.29) is 22.8 Å². The highest BCUT2D eigenvalue weighted by Crippen LogP contribution is 2.19. The number of H-pyrrole nitrogens is 2. The summed E-state index contributed by atoms with van der Waals surface area (Å²) < 4.78 is 13.1. The van der Waals surface area contributed by atoms with Crippen LogP contribution in [0.1, 0.15) is 35.3 Å². The Morgan fingerprint density at radius 1 is 0.941 bits per heavy atom. The Morgan fingerprint density at radius 2 is 1.71 bits per heavy atom. The molecule has 4 rings (SSSR count). The summed E-state index contributed by atoms with van der Waals surface area (Å²) in [4.78, 5) is 29.6. The third-order valence-corrected chi connectivity index (χ3v) is 5.78. The first-order valence-corrected chi connectivity index (χ1v) is 11.4. The average Bonchev–Trinajstić information content (AvgIpc) is 3.33. The first-order chi connectivity index (χ1) is 16.5. The molecule has 0 fully saturated rings. The molecule has 2 N–H and O–H groups in total. The van der Waals surface area contributed by atoms with Gasteiger partial charge in [0.25, 0.3) is 11.5 Å². The average molecular weight is 459 g/mol. The fourth-order valence-electron chi connectivity index (χ4n) is 3.83. The van der Waals surface area contributed by atoms with Gasteiger partial charge in [0.1, 0.15) is 11.4 Å². The molecule has 2 aromatic carbocycles. The molecule has 174 valence electrons. The van der Waals surface area contributed by atoms with E-state index in [1.807, 2.05) is 36.4 Å². The Balaban J connectivity index is 1.23. The largest absolute Gasteiger partial charge is 0.342 e. The van der Waals surface area contributed by atoms with Crippen molar-refractivity contribution in [3.05, 3.63) is 100 Å². The molecule has 0 unspecified atom stereocenters. The van der Waals surface area contributed by atoms with Gasteiger partial charge in [0.05, 0.1) is 5.69 Å². The van der Waals surface area contributed by atoms with Gasteiger partial charge in [0.2, 0.25) is 0 Å². The van der Waals surface area contributed by atoms with Crippen LogP contribution in [0.2, 0.25) is 0 Å². The van der Waals surface area contributed by atoms with Crippen molar-refractivity contribution in [2.24, 2.45) is 0 Å². The lowest BCUT2D eigenvalue weighted by atomic mass is 10.1. The summed E-state index contributed by atoms with van der Waals surface area (Å²) in [5, 5.41) is 7.34. The molecule has 1 amide bonds. The van der Waals surface area contributed by atoms with E-state index in [2.05, 4.69) is 15.2 Å². The zero-order valence-electron chi connectivity index (χ0n) is 19.1. The van der Waals surface area contributed by atoms with Gasteiger partial charge >= 0.3 is 0 Å². The van der Waals surface area contributed by atoms with Gasteiger partial charge < -0.3 is 9.88 Å². The van der Waals surface area contributed by atoms with Crippen LogP contribution in [0.4, 0.5) is 4.39 Å². The van der Waals surface area contributed by atoms with Crippen molar-refractivity contribution in [1.82, 2.24) is 20.1 Å². The molecular formula is C27H27FN4O2. The number of rotatable bonds is 9. The van der Waals surface area contributed by atoms with E-state index in [1.54, 1.807) is 36.2 Å². The van der Waals surface area contributed by atoms with Crippen LogP contribution in [0.5, 0.6) is 0 Å². The van der Waals surface area contributed by atoms with Crippen LogP contribution in [0.25, 0.3) is 22.5 Å². The van der Waals surface area contributed by atoms with Crippen molar-refractivity contribution in [3.63, 3.8) is 0 Å². The van der Waals surface area contributed by atoms with Crippen LogP contribution in [-0.4, -0.2) is 39.6 Å². The molecule has 0 aliphatic heterocycles. The van der Waals surface area contributed by atoms with Crippen LogP contribution < -0.4 is 5.56 Å². The summed E-state index contributed by atoms with van der Waals surface area (Å²) in [5.74, 6) is -0.546. The van der Waals surface area contributed by atoms with Crippen molar-refractivity contribution in [3.8, 4) is 22.5 Å². The Kier molecular flexibility index (Phi) is 7.32. The smallest absolute Gasteiger partial charge is 0.261 e. The fourth-order valence-corrected chi connectivity index (χ4v) is 3.83. The van der Waals surface area contributed by atoms with Crippen LogP contribution in [0.15, 0.2) is 77.6 Å². The Labute approximate surface area is 197 Å². The second-order valence-corrected chi connectivity index (χ2v) is 8.30. The van der Waals surface area contributed by atoms with E-state index < -0.39 is 0 Å². The molecule has 0 bridgehead atoms. The normalized spacial score (nSPS) is 10.9. The second kappa shape index (κ2) is 10.7. The van der Waals surface area contributed by atoms with Crippen LogP contribution >= 0.6 is 0 Å². The highest BCUT2D eigenvalue weighted by Gasteiger charge is 2.16. The molecular weight excluding hydrogens is 431 g/mol. The molecule has 2 aromatic heterocycles. The monoisotopic (exact) mass is 458 g/mol. The number of unbranched alkanes of at least 4 members (excludes halogenated alkanes) is 2. The molecule has 0 saturated carbocycles. The van der Waals surface area contributed by atoms with Crippen molar-refractivity contribution in [2.45, 2.75) is 25.7 Å². The molecule has 0 aliphatic carbocycles. The molecule has 7 heteroatoms. The maximum atomic E-state index is 13.1. The zero-order chi connectivity index (χ0) is 23.9. The van der Waals surface area contributed by atoms with Crippen LogP contribution in [0.3, 0.4) is 0 Å². The standard InChI is InChI=1S/C27H27FN4O2/c1-32(27(34)23-15-16-24(29-26(23)33)19-8-4-2-5-9-19)17-7-3-6-10-22-18-25(31-30-22)20-11-13-21(28)14-12-20/h2,4-5,8-9,11-16,18H,3,6-7,10,17H2,1H3,(H,29,33)(H,30,31). The van der Waals surface area contributed by atoms with Gasteiger partial charge in [-0.25, -0.2) is 4.39 Å². The number of aromatic amines is 2. The van der Waals surface area contributed by atoms with Crippen molar-refractivity contribution in [2.75, 3.05) is 13.6 Å². The van der Waals surface area contributed by atoms with E-state index in [4.69, 9.17) is 0 Å². The number of aromatic nitrogens is 3. The van der Waals surface area contributed by atoms with Crippen molar-refractivity contribution in [1.29, 1.82) is 0 Å². The minimum atomic E-state index is -0.380. The molecule has 0 spiro atoms. The number of hydrogen-bond donors (Lipinski definition) is 2. The number of halogens is 1. The maximum absolute atomic E-state index is 13.1. The highest BCUT2D eigenvalue weighted by molar-refractivity contribution is 5.93. The lowest BCUT2D eigenvalue weighted by molar-refractivity contribution is 0.0791. The Bertz CT molecular complexity index is 1300. The lowest BCUT2D eigenvalue weighted by Crippen LogP contribution is -2.32. The quantitative estimate of drug-likeness (QED) is 0.344. The Hall–Kier alpha value is -4.00. The number of carbonyl (C=O) groups excluding carboxylic acids is 1. The third kappa shape index (κ3) is 5.67. The number of amides is 1. The van der Waals surface area contributed by atoms with Gasteiger partial charge in [0, 0.05) is 30.5 Å². The summed E-state index contributed by atoms with van der Waals surface area (Å²) >= 11 is 0. The molecule has 0 radical (unpaired) electrons. The minimum Gasteiger partial charge on any atom is -0.342 e. The fraction of sp³-hybridized carbons (Fsp3) is 0.222. The van der Waals surface area contributed by atoms with Crippen LogP contribution in [0, 0.1) is 5.82 Å². The van der Waals surface area contributed by atoms with E-state index in [0.29, 0.717) is 12.2 Å². The van der Waals surface area contributed by atoms with E-state index in [9.17, 15) is 14.0 Å². The maximum Gasteiger partial charge on any atom is 0.261 e. The van der Waals surface area contributed by atoms with E-state index in [0.717, 1.165) is 48.2 Å². The van der Waals surface area contributed by atoms with Gasteiger partial charge in [0.15, 0.2) is 0 Å². The predicted molar refractivity (Wildman–Crippen MR) is 131 cm³/mol. The van der Waals surface area contributed by atoms with Gasteiger partial charge in [-0.05, 0) is 67.3 Å². The van der Waals surface area contributed by atoms with E-state index >= 15 is 0 Å². The summed E-state index contributed by atoms with van der Waals surface area (Å²) in [6.07, 6.45) is 3.55.